The standard InChI is InChI=1S/C29H34BrN3O4S/c1-29(2,3)31-28(35)26(19-22-11-7-5-8-12-22)32(20-23-15-17-24(30)18-16-23)27(34)21-33(38(4,36)37)25-13-9-6-10-14-25/h5-18,26H,19-21H2,1-4H3,(H,31,35). The first-order chi connectivity index (χ1) is 17.8. The van der Waals surface area contributed by atoms with Crippen molar-refractivity contribution in [3.05, 3.63) is 101 Å². The minimum atomic E-state index is -3.78. The van der Waals surface area contributed by atoms with Crippen molar-refractivity contribution in [3.8, 4) is 0 Å². The first-order valence-electron chi connectivity index (χ1n) is 12.3. The van der Waals surface area contributed by atoms with Crippen LogP contribution >= 0.6 is 15.9 Å². The van der Waals surface area contributed by atoms with Crippen LogP contribution in [-0.4, -0.2) is 49.5 Å². The van der Waals surface area contributed by atoms with E-state index in [1.165, 1.54) is 4.90 Å². The maximum Gasteiger partial charge on any atom is 0.244 e. The number of nitrogens with zero attached hydrogens (tertiary/aromatic N) is 2. The number of carbonyl (C=O) groups is 2. The Morgan fingerprint density at radius 1 is 0.868 bits per heavy atom. The van der Waals surface area contributed by atoms with Gasteiger partial charge in [0.25, 0.3) is 0 Å². The first-order valence-corrected chi connectivity index (χ1v) is 14.9. The molecule has 7 nitrogen and oxygen atoms in total. The number of carbonyl (C=O) groups excluding carboxylic acids is 2. The molecular formula is C29H34BrN3O4S. The van der Waals surface area contributed by atoms with Crippen LogP contribution in [0, 0.1) is 0 Å². The molecule has 0 aliphatic carbocycles. The molecule has 0 heterocycles. The van der Waals surface area contributed by atoms with Crippen LogP contribution in [0.3, 0.4) is 0 Å². The van der Waals surface area contributed by atoms with E-state index < -0.39 is 34.1 Å². The molecule has 0 saturated heterocycles. The lowest BCUT2D eigenvalue weighted by Crippen LogP contribution is -2.56. The minimum absolute atomic E-state index is 0.133. The Morgan fingerprint density at radius 3 is 1.95 bits per heavy atom. The van der Waals surface area contributed by atoms with Gasteiger partial charge in [0, 0.05) is 23.0 Å². The van der Waals surface area contributed by atoms with Crippen LogP contribution in [0.15, 0.2) is 89.4 Å². The van der Waals surface area contributed by atoms with E-state index in [1.54, 1.807) is 30.3 Å². The van der Waals surface area contributed by atoms with Crippen molar-refractivity contribution in [3.63, 3.8) is 0 Å². The van der Waals surface area contributed by atoms with Crippen molar-refractivity contribution in [1.82, 2.24) is 10.2 Å². The second kappa shape index (κ2) is 12.6. The van der Waals surface area contributed by atoms with E-state index in [2.05, 4.69) is 21.2 Å². The summed E-state index contributed by atoms with van der Waals surface area (Å²) in [5.41, 5.74) is 1.55. The number of hydrogen-bond donors (Lipinski definition) is 1. The molecule has 0 spiro atoms. The van der Waals surface area contributed by atoms with Crippen LogP contribution in [-0.2, 0) is 32.6 Å². The molecule has 9 heteroatoms. The quantitative estimate of drug-likeness (QED) is 0.364. The fraction of sp³-hybridized carbons (Fsp3) is 0.310. The molecule has 0 fully saturated rings. The number of anilines is 1. The molecular weight excluding hydrogens is 566 g/mol. The van der Waals surface area contributed by atoms with Gasteiger partial charge in [-0.2, -0.15) is 0 Å². The zero-order valence-corrected chi connectivity index (χ0v) is 24.5. The Labute approximate surface area is 234 Å². The number of amides is 2. The largest absolute Gasteiger partial charge is 0.350 e. The van der Waals surface area contributed by atoms with Crippen LogP contribution in [0.25, 0.3) is 0 Å². The Hall–Kier alpha value is -3.17. The van der Waals surface area contributed by atoms with Gasteiger partial charge in [-0.1, -0.05) is 76.6 Å². The summed E-state index contributed by atoms with van der Waals surface area (Å²) in [5, 5.41) is 3.01. The zero-order chi connectivity index (χ0) is 27.9. The van der Waals surface area contributed by atoms with Gasteiger partial charge in [0.15, 0.2) is 0 Å². The molecule has 0 aliphatic rings. The summed E-state index contributed by atoms with van der Waals surface area (Å²) in [5.74, 6) is -0.787. The predicted molar refractivity (Wildman–Crippen MR) is 155 cm³/mol. The average molecular weight is 601 g/mol. The third-order valence-corrected chi connectivity index (χ3v) is 7.43. The smallest absolute Gasteiger partial charge is 0.244 e. The topological polar surface area (TPSA) is 86.8 Å². The zero-order valence-electron chi connectivity index (χ0n) is 22.1. The number of benzene rings is 3. The van der Waals surface area contributed by atoms with Gasteiger partial charge in [-0.15, -0.1) is 0 Å². The maximum atomic E-state index is 14.0. The van der Waals surface area contributed by atoms with E-state index >= 15 is 0 Å². The fourth-order valence-corrected chi connectivity index (χ4v) is 5.12. The highest BCUT2D eigenvalue weighted by atomic mass is 79.9. The second-order valence-corrected chi connectivity index (χ2v) is 13.0. The predicted octanol–water partition coefficient (Wildman–Crippen LogP) is 4.77. The van der Waals surface area contributed by atoms with Crippen molar-refractivity contribution in [2.24, 2.45) is 0 Å². The molecule has 2 amide bonds. The van der Waals surface area contributed by atoms with Crippen LogP contribution in [0.4, 0.5) is 5.69 Å². The summed E-state index contributed by atoms with van der Waals surface area (Å²) in [6, 6.07) is 24.6. The molecule has 3 aromatic rings. The van der Waals surface area contributed by atoms with Crippen LogP contribution in [0.2, 0.25) is 0 Å². The van der Waals surface area contributed by atoms with E-state index in [0.29, 0.717) is 5.69 Å². The van der Waals surface area contributed by atoms with Crippen molar-refractivity contribution in [2.75, 3.05) is 17.1 Å². The van der Waals surface area contributed by atoms with Gasteiger partial charge in [-0.05, 0) is 56.2 Å². The first kappa shape index (κ1) is 29.4. The number of nitrogens with one attached hydrogen (secondary N) is 1. The number of para-hydroxylation sites is 1. The van der Waals surface area contributed by atoms with E-state index in [9.17, 15) is 18.0 Å². The molecule has 1 N–H and O–H groups in total. The summed E-state index contributed by atoms with van der Waals surface area (Å²) < 4.78 is 27.4. The Balaban J connectivity index is 2.05. The Kier molecular flexibility index (Phi) is 9.73. The SMILES string of the molecule is CC(C)(C)NC(=O)C(Cc1ccccc1)N(Cc1ccc(Br)cc1)C(=O)CN(c1ccccc1)S(C)(=O)=O. The van der Waals surface area contributed by atoms with Gasteiger partial charge in [-0.3, -0.25) is 13.9 Å². The van der Waals surface area contributed by atoms with Crippen LogP contribution in [0.1, 0.15) is 31.9 Å². The fourth-order valence-electron chi connectivity index (χ4n) is 4.00. The highest BCUT2D eigenvalue weighted by Crippen LogP contribution is 2.21. The Morgan fingerprint density at radius 2 is 1.42 bits per heavy atom. The highest BCUT2D eigenvalue weighted by Gasteiger charge is 2.34. The van der Waals surface area contributed by atoms with Crippen molar-refractivity contribution in [2.45, 2.75) is 45.3 Å². The van der Waals surface area contributed by atoms with E-state index in [0.717, 1.165) is 26.2 Å². The van der Waals surface area contributed by atoms with E-state index in [1.807, 2.05) is 75.4 Å². The van der Waals surface area contributed by atoms with Crippen molar-refractivity contribution in [1.29, 1.82) is 0 Å². The van der Waals surface area contributed by atoms with Gasteiger partial charge in [-0.25, -0.2) is 8.42 Å². The molecule has 38 heavy (non-hydrogen) atoms. The summed E-state index contributed by atoms with van der Waals surface area (Å²) in [4.78, 5) is 29.1. The van der Waals surface area contributed by atoms with Gasteiger partial charge in [0.05, 0.1) is 11.9 Å². The van der Waals surface area contributed by atoms with Gasteiger partial charge >= 0.3 is 0 Å². The van der Waals surface area contributed by atoms with Gasteiger partial charge in [0.2, 0.25) is 21.8 Å². The minimum Gasteiger partial charge on any atom is -0.350 e. The third-order valence-electron chi connectivity index (χ3n) is 5.76. The molecule has 0 radical (unpaired) electrons. The second-order valence-electron chi connectivity index (χ2n) is 10.2. The molecule has 0 aliphatic heterocycles. The average Bonchev–Trinajstić information content (AvgIpc) is 2.85. The number of hydrogen-bond acceptors (Lipinski definition) is 4. The maximum absolute atomic E-state index is 14.0. The molecule has 0 aromatic heterocycles. The number of rotatable bonds is 10. The third kappa shape index (κ3) is 8.70. The normalized spacial score (nSPS) is 12.4. The van der Waals surface area contributed by atoms with Gasteiger partial charge in [0.1, 0.15) is 12.6 Å². The molecule has 3 aromatic carbocycles. The monoisotopic (exact) mass is 599 g/mol. The summed E-state index contributed by atoms with van der Waals surface area (Å²) in [6.07, 6.45) is 1.34. The van der Waals surface area contributed by atoms with Crippen molar-refractivity contribution < 1.29 is 18.0 Å². The lowest BCUT2D eigenvalue weighted by atomic mass is 10.0. The lowest BCUT2D eigenvalue weighted by molar-refractivity contribution is -0.140. The number of halogens is 1. The van der Waals surface area contributed by atoms with Crippen molar-refractivity contribution >= 4 is 43.5 Å². The summed E-state index contributed by atoms with van der Waals surface area (Å²) in [6.45, 7) is 5.34. The summed E-state index contributed by atoms with van der Waals surface area (Å²) >= 11 is 3.43. The molecule has 202 valence electrons. The van der Waals surface area contributed by atoms with Gasteiger partial charge < -0.3 is 10.2 Å². The Bertz CT molecular complexity index is 1330. The van der Waals surface area contributed by atoms with E-state index in [-0.39, 0.29) is 18.9 Å². The summed E-state index contributed by atoms with van der Waals surface area (Å²) in [7, 11) is -3.78. The molecule has 1 atom stereocenters. The molecule has 1 unspecified atom stereocenters. The lowest BCUT2D eigenvalue weighted by Gasteiger charge is -2.35. The molecule has 3 rings (SSSR count). The highest BCUT2D eigenvalue weighted by molar-refractivity contribution is 9.10. The van der Waals surface area contributed by atoms with Crippen LogP contribution < -0.4 is 9.62 Å². The van der Waals surface area contributed by atoms with E-state index in [4.69, 9.17) is 0 Å². The van der Waals surface area contributed by atoms with Crippen LogP contribution in [0.5, 0.6) is 0 Å². The number of sulfonamides is 1. The molecule has 0 saturated carbocycles. The molecule has 0 bridgehead atoms.